The van der Waals surface area contributed by atoms with Gasteiger partial charge in [0.2, 0.25) is 0 Å². The van der Waals surface area contributed by atoms with Gasteiger partial charge >= 0.3 is 0 Å². The zero-order valence-electron chi connectivity index (χ0n) is 21.0. The first kappa shape index (κ1) is 24.3. The summed E-state index contributed by atoms with van der Waals surface area (Å²) in [5.41, 5.74) is 5.06. The van der Waals surface area contributed by atoms with Crippen LogP contribution in [0.2, 0.25) is 0 Å². The predicted molar refractivity (Wildman–Crippen MR) is 140 cm³/mol. The predicted octanol–water partition coefficient (Wildman–Crippen LogP) is 4.20. The van der Waals surface area contributed by atoms with E-state index in [4.69, 9.17) is 14.7 Å². The van der Waals surface area contributed by atoms with Crippen LogP contribution in [0.25, 0.3) is 11.3 Å². The quantitative estimate of drug-likeness (QED) is 0.487. The van der Waals surface area contributed by atoms with Gasteiger partial charge in [-0.1, -0.05) is 13.8 Å². The van der Waals surface area contributed by atoms with Crippen LogP contribution in [0.4, 0.5) is 16.8 Å². The average molecular weight is 482 g/mol. The average Bonchev–Trinajstić information content (AvgIpc) is 3.49. The SMILES string of the molecule is CCO[C@@H]1CN(c2nccs2)C[C@H]1Nc1nc(CC)c(-c2cnc(N(C)C)cc2C)nc1CC. The molecule has 0 amide bonds. The van der Waals surface area contributed by atoms with Gasteiger partial charge in [0.25, 0.3) is 0 Å². The molecule has 1 aliphatic heterocycles. The Balaban J connectivity index is 1.65. The molecule has 34 heavy (non-hydrogen) atoms. The van der Waals surface area contributed by atoms with E-state index in [1.54, 1.807) is 11.3 Å². The first-order chi connectivity index (χ1) is 16.4. The van der Waals surface area contributed by atoms with Crippen molar-refractivity contribution in [3.63, 3.8) is 0 Å². The summed E-state index contributed by atoms with van der Waals surface area (Å²) in [6, 6.07) is 2.22. The molecule has 1 saturated heterocycles. The van der Waals surface area contributed by atoms with E-state index < -0.39 is 0 Å². The third kappa shape index (κ3) is 5.00. The molecule has 1 fully saturated rings. The molecule has 1 aliphatic rings. The molecule has 0 aliphatic carbocycles. The minimum Gasteiger partial charge on any atom is -0.374 e. The Morgan fingerprint density at radius 1 is 1.12 bits per heavy atom. The maximum Gasteiger partial charge on any atom is 0.185 e. The van der Waals surface area contributed by atoms with Crippen LogP contribution in [0.15, 0.2) is 23.8 Å². The Morgan fingerprint density at radius 3 is 2.53 bits per heavy atom. The molecule has 2 atom stereocenters. The lowest BCUT2D eigenvalue weighted by Crippen LogP contribution is -2.35. The second-order valence-electron chi connectivity index (χ2n) is 8.74. The van der Waals surface area contributed by atoms with Crippen molar-refractivity contribution in [2.45, 2.75) is 52.7 Å². The highest BCUT2D eigenvalue weighted by molar-refractivity contribution is 7.13. The molecule has 0 aromatic carbocycles. The number of nitrogens with one attached hydrogen (secondary N) is 1. The number of anilines is 3. The number of rotatable bonds is 9. The van der Waals surface area contributed by atoms with Gasteiger partial charge in [0.05, 0.1) is 29.2 Å². The van der Waals surface area contributed by atoms with Gasteiger partial charge in [-0.3, -0.25) is 0 Å². The normalized spacial score (nSPS) is 17.9. The fourth-order valence-electron chi connectivity index (χ4n) is 4.36. The van der Waals surface area contributed by atoms with E-state index in [-0.39, 0.29) is 12.1 Å². The van der Waals surface area contributed by atoms with Gasteiger partial charge in [0.15, 0.2) is 5.13 Å². The summed E-state index contributed by atoms with van der Waals surface area (Å²) in [6.07, 6.45) is 5.42. The molecule has 182 valence electrons. The topological polar surface area (TPSA) is 79.3 Å². The molecule has 0 bridgehead atoms. The monoisotopic (exact) mass is 481 g/mol. The van der Waals surface area contributed by atoms with Crippen molar-refractivity contribution in [1.29, 1.82) is 0 Å². The van der Waals surface area contributed by atoms with E-state index in [2.05, 4.69) is 47.0 Å². The van der Waals surface area contributed by atoms with Crippen molar-refractivity contribution in [3.05, 3.63) is 40.8 Å². The summed E-state index contributed by atoms with van der Waals surface area (Å²) in [5, 5.41) is 6.74. The Kier molecular flexibility index (Phi) is 7.63. The summed E-state index contributed by atoms with van der Waals surface area (Å²) >= 11 is 1.66. The highest BCUT2D eigenvalue weighted by Crippen LogP contribution is 2.30. The Bertz CT molecular complexity index is 1100. The van der Waals surface area contributed by atoms with E-state index in [0.29, 0.717) is 6.61 Å². The molecule has 4 rings (SSSR count). The van der Waals surface area contributed by atoms with Crippen molar-refractivity contribution in [2.75, 3.05) is 48.9 Å². The third-order valence-electron chi connectivity index (χ3n) is 6.18. The lowest BCUT2D eigenvalue weighted by atomic mass is 10.0. The second-order valence-corrected chi connectivity index (χ2v) is 9.61. The van der Waals surface area contributed by atoms with Crippen LogP contribution in [0.3, 0.4) is 0 Å². The third-order valence-corrected chi connectivity index (χ3v) is 7.01. The standard InChI is InChI=1S/C25H35N7OS/c1-7-18-23(17-13-27-22(31(5)6)12-16(17)4)28-19(8-2)24(29-18)30-20-14-32(15-21(20)33-9-3)25-26-10-11-34-25/h10-13,20-21H,7-9,14-15H2,1-6H3,(H,29,30)/t20-,21-/m1/s1. The first-order valence-corrected chi connectivity index (χ1v) is 12.9. The maximum absolute atomic E-state index is 6.10. The molecule has 9 heteroatoms. The van der Waals surface area contributed by atoms with E-state index >= 15 is 0 Å². The molecule has 0 spiro atoms. The Hall–Kier alpha value is -2.78. The maximum atomic E-state index is 6.10. The number of nitrogens with zero attached hydrogens (tertiary/aromatic N) is 6. The van der Waals surface area contributed by atoms with Crippen LogP contribution in [0, 0.1) is 6.92 Å². The zero-order valence-corrected chi connectivity index (χ0v) is 21.8. The number of ether oxygens (including phenoxy) is 1. The summed E-state index contributed by atoms with van der Waals surface area (Å²) in [6.45, 7) is 10.7. The van der Waals surface area contributed by atoms with Gasteiger partial charge < -0.3 is 19.9 Å². The molecule has 3 aromatic rings. The fourth-order valence-corrected chi connectivity index (χ4v) is 5.03. The molecule has 0 unspecified atom stereocenters. The van der Waals surface area contributed by atoms with Crippen LogP contribution < -0.4 is 15.1 Å². The number of aryl methyl sites for hydroxylation is 3. The Morgan fingerprint density at radius 2 is 1.91 bits per heavy atom. The summed E-state index contributed by atoms with van der Waals surface area (Å²) in [5.74, 6) is 1.79. The summed E-state index contributed by atoms with van der Waals surface area (Å²) < 4.78 is 6.10. The molecule has 3 aromatic heterocycles. The van der Waals surface area contributed by atoms with Crippen molar-refractivity contribution < 1.29 is 4.74 Å². The van der Waals surface area contributed by atoms with Crippen molar-refractivity contribution >= 4 is 28.1 Å². The van der Waals surface area contributed by atoms with Crippen molar-refractivity contribution in [1.82, 2.24) is 19.9 Å². The van der Waals surface area contributed by atoms with E-state index in [1.165, 1.54) is 0 Å². The van der Waals surface area contributed by atoms with Gasteiger partial charge in [-0.25, -0.2) is 19.9 Å². The van der Waals surface area contributed by atoms with Gasteiger partial charge in [-0.05, 0) is 38.3 Å². The van der Waals surface area contributed by atoms with Crippen LogP contribution in [0.5, 0.6) is 0 Å². The number of thiazole rings is 1. The van der Waals surface area contributed by atoms with Crippen LogP contribution in [0.1, 0.15) is 37.7 Å². The number of hydrogen-bond donors (Lipinski definition) is 1. The summed E-state index contributed by atoms with van der Waals surface area (Å²) in [4.78, 5) is 23.6. The van der Waals surface area contributed by atoms with Crippen LogP contribution in [-0.2, 0) is 17.6 Å². The van der Waals surface area contributed by atoms with Crippen molar-refractivity contribution in [2.24, 2.45) is 0 Å². The zero-order chi connectivity index (χ0) is 24.2. The highest BCUT2D eigenvalue weighted by atomic mass is 32.1. The molecule has 0 radical (unpaired) electrons. The van der Waals surface area contributed by atoms with Gasteiger partial charge in [0.1, 0.15) is 11.6 Å². The fraction of sp³-hybridized carbons (Fsp3) is 0.520. The van der Waals surface area contributed by atoms with E-state index in [9.17, 15) is 0 Å². The molecular weight excluding hydrogens is 446 g/mol. The van der Waals surface area contributed by atoms with E-state index in [0.717, 1.165) is 70.9 Å². The van der Waals surface area contributed by atoms with Gasteiger partial charge in [-0.2, -0.15) is 0 Å². The van der Waals surface area contributed by atoms with E-state index in [1.807, 2.05) is 43.7 Å². The highest BCUT2D eigenvalue weighted by Gasteiger charge is 2.35. The number of aromatic nitrogens is 4. The second kappa shape index (κ2) is 10.7. The summed E-state index contributed by atoms with van der Waals surface area (Å²) in [7, 11) is 4.01. The lowest BCUT2D eigenvalue weighted by Gasteiger charge is -2.22. The van der Waals surface area contributed by atoms with Crippen LogP contribution >= 0.6 is 11.3 Å². The molecule has 0 saturated carbocycles. The number of pyridine rings is 1. The van der Waals surface area contributed by atoms with Gasteiger partial charge in [0, 0.05) is 57.1 Å². The molecular formula is C25H35N7OS. The van der Waals surface area contributed by atoms with Crippen molar-refractivity contribution in [3.8, 4) is 11.3 Å². The number of hydrogen-bond acceptors (Lipinski definition) is 9. The molecule has 1 N–H and O–H groups in total. The minimum absolute atomic E-state index is 0.0650. The Labute approximate surface area is 206 Å². The lowest BCUT2D eigenvalue weighted by molar-refractivity contribution is 0.0719. The smallest absolute Gasteiger partial charge is 0.185 e. The molecule has 8 nitrogen and oxygen atoms in total. The minimum atomic E-state index is 0.0650. The van der Waals surface area contributed by atoms with Crippen LogP contribution in [-0.4, -0.2) is 65.9 Å². The molecule has 4 heterocycles. The largest absolute Gasteiger partial charge is 0.374 e. The first-order valence-electron chi connectivity index (χ1n) is 12.0. The van der Waals surface area contributed by atoms with Gasteiger partial charge in [-0.15, -0.1) is 11.3 Å².